The SMILES string of the molecule is CC[C@H](C)[C@H](NC(=O)[C@H](CC(C)C)NC(=O)[C@H](Cc1ccccc1)NC(=O)CNC(=O)[C@H](CC(C)C)NC(=O)CNC(=O)[C@H](CS)NC(=O)[C@H](Cc1ccccc1)NC(=O)[C@H](C)NC(=O)[C@H](CO)NC(=O)[C@H](C)N)C(=O)N[C@H](C(=O)N[C@@H](CC(C)C)C(=O)N[C@@H](C)C(=O)N[C@@H](CC(C)C)C(=O)N[C@@H](Cc1ccccc1)C(=O)N[C@@H](CCC(N)=O)C(=O)N[C@@H](C)C(=O)NCC(=O)N[C@@H](CC(C)C)C(=O)NCC(=O)O)C(C)C. The van der Waals surface area contributed by atoms with E-state index in [1.54, 1.807) is 188 Å². The molecule has 0 fully saturated rings. The predicted octanol–water partition coefficient (Wildman–Crippen LogP) is -3.45. The highest BCUT2D eigenvalue weighted by Crippen LogP contribution is 2.19. The second-order valence-electron chi connectivity index (χ2n) is 38.8. The van der Waals surface area contributed by atoms with Gasteiger partial charge in [-0.2, -0.15) is 12.6 Å². The maximum atomic E-state index is 14.8. The van der Waals surface area contributed by atoms with E-state index >= 15 is 0 Å². The van der Waals surface area contributed by atoms with E-state index in [-0.39, 0.29) is 86.7 Å². The largest absolute Gasteiger partial charge is 0.480 e. The molecule has 3 aromatic rings. The molecule has 3 aromatic carbocycles. The lowest BCUT2D eigenvalue weighted by Crippen LogP contribution is -2.62. The predicted molar refractivity (Wildman–Crippen MR) is 543 cm³/mol. The Morgan fingerprint density at radius 1 is 0.295 bits per heavy atom. The average Bonchev–Trinajstić information content (AvgIpc) is 0.833. The molecule has 47 heteroatoms. The summed E-state index contributed by atoms with van der Waals surface area (Å²) in [6, 6.07) is 2.07. The lowest BCUT2D eigenvalue weighted by molar-refractivity contribution is -0.138. The molecule has 0 saturated carbocycles. The molecule has 0 aliphatic carbocycles. The first-order valence-corrected chi connectivity index (χ1v) is 49.7. The summed E-state index contributed by atoms with van der Waals surface area (Å²) in [5, 5.41) is 69.6. The van der Waals surface area contributed by atoms with E-state index in [0.29, 0.717) is 23.1 Å². The van der Waals surface area contributed by atoms with Gasteiger partial charge in [0.2, 0.25) is 124 Å². The van der Waals surface area contributed by atoms with Gasteiger partial charge in [0.25, 0.3) is 0 Å². The van der Waals surface area contributed by atoms with Gasteiger partial charge in [-0.25, -0.2) is 0 Å². The van der Waals surface area contributed by atoms with Crippen molar-refractivity contribution in [3.63, 3.8) is 0 Å². The molecule has 810 valence electrons. The Kier molecular flexibility index (Phi) is 56.2. The van der Waals surface area contributed by atoms with Gasteiger partial charge in [0.05, 0.1) is 32.3 Å². The summed E-state index contributed by atoms with van der Waals surface area (Å²) in [7, 11) is 0. The molecule has 0 saturated heterocycles. The monoisotopic (exact) mass is 2070 g/mol. The topological polar surface area (TPSA) is 709 Å². The van der Waals surface area contributed by atoms with Gasteiger partial charge in [-0.3, -0.25) is 105 Å². The number of carbonyl (C=O) groups is 22. The summed E-state index contributed by atoms with van der Waals surface area (Å²) in [4.78, 5) is 301. The van der Waals surface area contributed by atoms with Gasteiger partial charge in [0.1, 0.15) is 103 Å². The van der Waals surface area contributed by atoms with Crippen molar-refractivity contribution in [1.82, 2.24) is 106 Å². The molecule has 0 aliphatic rings. The van der Waals surface area contributed by atoms with Crippen LogP contribution in [0.15, 0.2) is 91.0 Å². The van der Waals surface area contributed by atoms with Crippen molar-refractivity contribution in [1.29, 1.82) is 0 Å². The van der Waals surface area contributed by atoms with Gasteiger partial charge >= 0.3 is 5.97 Å². The Labute approximate surface area is 857 Å². The number of nitrogens with two attached hydrogens (primary N) is 2. The molecule has 0 spiro atoms. The fraction of sp³-hybridized carbons (Fsp3) is 0.596. The van der Waals surface area contributed by atoms with E-state index in [0.717, 1.165) is 0 Å². The number of aliphatic hydroxyl groups is 1. The second kappa shape index (κ2) is 64.9. The van der Waals surface area contributed by atoms with Crippen LogP contribution in [0, 0.1) is 41.4 Å². The third-order valence-corrected chi connectivity index (χ3v) is 23.2. The Bertz CT molecular complexity index is 4880. The van der Waals surface area contributed by atoms with Crippen molar-refractivity contribution in [3.8, 4) is 0 Å². The number of primary amides is 1. The lowest BCUT2D eigenvalue weighted by Gasteiger charge is -2.31. The molecule has 21 amide bonds. The standard InChI is InChI=1S/C99H154N22O24S/c1-19-57(14)82(121-96(142)70(41-55(10)11)115-93(139)71(42-62-29-23-20-24-30-62)111-79(126)46-103-87(133)66(37-51(2)3)109-78(125)47-104-89(135)75(50-146)119-95(141)72(43-63-31-25-21-26-32-63)114-86(132)61(18)108-97(143)74(49-122)118-83(129)58(15)100)99(145)120-81(56(12)13)98(144)117-68(39-53(6)7)91(137)107-60(17)85(131)113-69(40-54(8)9)92(138)116-73(44-64-33-27-22-28-34-64)94(140)112-65(35-36-76(101)123)90(136)106-59(16)84(130)102-45-77(124)110-67(38-52(4)5)88(134)105-48-80(127)128/h20-34,51-61,65-75,81-82,122,146H,19,35-50,100H2,1-18H3,(H2,101,123)(H,102,130)(H,103,133)(H,104,135)(H,105,134)(H,106,136)(H,107,137)(H,108,143)(H,109,125)(H,110,124)(H,111,126)(H,112,140)(H,113,131)(H,114,132)(H,115,139)(H,116,138)(H,117,144)(H,118,129)(H,119,141)(H,120,145)(H,121,142)(H,127,128)/t57-,58-,59-,60-,61-,65-,66-,67-,68-,69-,70-,71-,72-,73-,74-,75-,81-,82-/m0/s1. The molecule has 0 aliphatic heterocycles. The Balaban J connectivity index is 1.81. The van der Waals surface area contributed by atoms with Crippen molar-refractivity contribution >= 4 is 143 Å². The van der Waals surface area contributed by atoms with Crippen LogP contribution in [-0.4, -0.2) is 281 Å². The number of amides is 21. The number of carboxylic acid groups (broad SMARTS) is 1. The van der Waals surface area contributed by atoms with Crippen LogP contribution in [0.1, 0.15) is 193 Å². The highest BCUT2D eigenvalue weighted by atomic mass is 32.1. The van der Waals surface area contributed by atoms with Crippen molar-refractivity contribution < 1.29 is 116 Å². The van der Waals surface area contributed by atoms with Crippen LogP contribution < -0.4 is 118 Å². The van der Waals surface area contributed by atoms with Crippen LogP contribution in [0.4, 0.5) is 0 Å². The fourth-order valence-corrected chi connectivity index (χ4v) is 14.9. The number of benzene rings is 3. The third-order valence-electron chi connectivity index (χ3n) is 22.8. The highest BCUT2D eigenvalue weighted by molar-refractivity contribution is 7.80. The van der Waals surface area contributed by atoms with Crippen LogP contribution in [0.5, 0.6) is 0 Å². The van der Waals surface area contributed by atoms with E-state index in [4.69, 9.17) is 16.6 Å². The van der Waals surface area contributed by atoms with Crippen LogP contribution in [0.3, 0.4) is 0 Å². The number of thiol groups is 1. The van der Waals surface area contributed by atoms with Crippen molar-refractivity contribution in [3.05, 3.63) is 108 Å². The molecule has 0 aromatic heterocycles. The molecular formula is C99H154N22O24S. The second-order valence-corrected chi connectivity index (χ2v) is 39.1. The summed E-state index contributed by atoms with van der Waals surface area (Å²) in [5.74, 6) is -22.3. The first kappa shape index (κ1) is 126. The number of nitrogens with one attached hydrogen (secondary N) is 20. The zero-order valence-electron chi connectivity index (χ0n) is 86.5. The number of carboxylic acids is 1. The maximum Gasteiger partial charge on any atom is 0.322 e. The van der Waals surface area contributed by atoms with E-state index in [1.165, 1.54) is 27.7 Å². The van der Waals surface area contributed by atoms with Crippen molar-refractivity contribution in [2.75, 3.05) is 38.5 Å². The molecule has 0 radical (unpaired) electrons. The summed E-state index contributed by atoms with van der Waals surface area (Å²) in [5.41, 5.74) is 12.7. The minimum absolute atomic E-state index is 0.00514. The van der Waals surface area contributed by atoms with E-state index < -0.39 is 290 Å². The van der Waals surface area contributed by atoms with Gasteiger partial charge < -0.3 is 128 Å². The Morgan fingerprint density at radius 2 is 0.562 bits per heavy atom. The molecular weight excluding hydrogens is 1910 g/mol. The molecule has 0 unspecified atom stereocenters. The Hall–Kier alpha value is -13.7. The van der Waals surface area contributed by atoms with Crippen LogP contribution in [0.25, 0.3) is 0 Å². The van der Waals surface area contributed by atoms with Gasteiger partial charge in [0.15, 0.2) is 0 Å². The molecule has 46 nitrogen and oxygen atoms in total. The van der Waals surface area contributed by atoms with Crippen LogP contribution in [-0.2, 0) is 125 Å². The molecule has 18 atom stereocenters. The number of carbonyl (C=O) groups excluding carboxylic acids is 21. The molecule has 3 rings (SSSR count). The molecule has 146 heavy (non-hydrogen) atoms. The quantitative estimate of drug-likeness (QED) is 0.0244. The number of aliphatic hydroxyl groups excluding tert-OH is 1. The minimum Gasteiger partial charge on any atom is -0.480 e. The van der Waals surface area contributed by atoms with Crippen LogP contribution >= 0.6 is 12.6 Å². The highest BCUT2D eigenvalue weighted by Gasteiger charge is 2.40. The number of hydrogen-bond donors (Lipinski definition) is 25. The van der Waals surface area contributed by atoms with Gasteiger partial charge in [0, 0.05) is 31.4 Å². The maximum absolute atomic E-state index is 14.8. The third kappa shape index (κ3) is 47.9. The number of rotatable bonds is 65. The van der Waals surface area contributed by atoms with Gasteiger partial charge in [-0.15, -0.1) is 0 Å². The van der Waals surface area contributed by atoms with E-state index in [1.807, 2.05) is 0 Å². The van der Waals surface area contributed by atoms with E-state index in [2.05, 4.69) is 119 Å². The minimum atomic E-state index is -1.58. The zero-order chi connectivity index (χ0) is 110. The average molecular weight is 2070 g/mol. The number of aliphatic carboxylic acids is 1. The zero-order valence-corrected chi connectivity index (χ0v) is 87.4. The lowest BCUT2D eigenvalue weighted by atomic mass is 9.95. The molecule has 26 N–H and O–H groups in total. The van der Waals surface area contributed by atoms with Gasteiger partial charge in [-0.05, 0) is 124 Å². The normalized spacial score (nSPS) is 14.9. The van der Waals surface area contributed by atoms with Crippen molar-refractivity contribution in [2.45, 2.75) is 298 Å². The Morgan fingerprint density at radius 3 is 0.918 bits per heavy atom. The van der Waals surface area contributed by atoms with Gasteiger partial charge in [-0.1, -0.05) is 194 Å². The molecule has 0 bridgehead atoms. The first-order chi connectivity index (χ1) is 68.6. The summed E-state index contributed by atoms with van der Waals surface area (Å²) in [6.45, 7) is 25.8. The fourth-order valence-electron chi connectivity index (χ4n) is 14.7. The van der Waals surface area contributed by atoms with Crippen LogP contribution in [0.2, 0.25) is 0 Å². The summed E-state index contributed by atoms with van der Waals surface area (Å²) >= 11 is 4.25. The smallest absolute Gasteiger partial charge is 0.322 e. The summed E-state index contributed by atoms with van der Waals surface area (Å²) < 4.78 is 0. The number of hydrogen-bond acceptors (Lipinski definition) is 25. The summed E-state index contributed by atoms with van der Waals surface area (Å²) in [6.07, 6.45) is -0.913. The molecule has 0 heterocycles. The van der Waals surface area contributed by atoms with Crippen molar-refractivity contribution in [2.24, 2.45) is 52.9 Å². The first-order valence-electron chi connectivity index (χ1n) is 49.1. The van der Waals surface area contributed by atoms with E-state index in [9.17, 15) is 111 Å².